The number of nitrogens with zero attached hydrogens (tertiary/aromatic N) is 2. The summed E-state index contributed by atoms with van der Waals surface area (Å²) in [7, 11) is 0. The third kappa shape index (κ3) is 4.59. The molecule has 0 spiro atoms. The molecule has 8 heteroatoms. The van der Waals surface area contributed by atoms with Crippen LogP contribution in [0.5, 0.6) is 0 Å². The van der Waals surface area contributed by atoms with Gasteiger partial charge in [0.2, 0.25) is 0 Å². The highest BCUT2D eigenvalue weighted by atomic mass is 16.6. The van der Waals surface area contributed by atoms with E-state index in [1.54, 1.807) is 0 Å². The van der Waals surface area contributed by atoms with E-state index in [-0.39, 0.29) is 11.4 Å². The number of amides is 1. The lowest BCUT2D eigenvalue weighted by Crippen LogP contribution is -2.33. The molecule has 1 fully saturated rings. The minimum atomic E-state index is -1.25. The van der Waals surface area contributed by atoms with Crippen molar-refractivity contribution in [1.29, 1.82) is 0 Å². The second-order valence-electron chi connectivity index (χ2n) is 5.25. The van der Waals surface area contributed by atoms with Gasteiger partial charge in [0.1, 0.15) is 5.69 Å². The summed E-state index contributed by atoms with van der Waals surface area (Å²) in [4.78, 5) is 23.5. The first kappa shape index (κ1) is 16.0. The SMILES string of the molecule is O=C(O)Nc1ccc(NCCN2CCCCC2)c([N+](=O)[O-])c1. The molecule has 1 aliphatic heterocycles. The van der Waals surface area contributed by atoms with Crippen LogP contribution in [0.15, 0.2) is 18.2 Å². The molecule has 1 aliphatic rings. The van der Waals surface area contributed by atoms with Crippen LogP contribution in [0.3, 0.4) is 0 Å². The van der Waals surface area contributed by atoms with Gasteiger partial charge >= 0.3 is 6.09 Å². The molecule has 2 rings (SSSR count). The van der Waals surface area contributed by atoms with Crippen molar-refractivity contribution in [2.45, 2.75) is 19.3 Å². The molecule has 0 radical (unpaired) electrons. The van der Waals surface area contributed by atoms with E-state index in [2.05, 4.69) is 15.5 Å². The van der Waals surface area contributed by atoms with Crippen molar-refractivity contribution in [2.75, 3.05) is 36.8 Å². The average Bonchev–Trinajstić information content (AvgIpc) is 2.49. The van der Waals surface area contributed by atoms with Crippen LogP contribution in [0.1, 0.15) is 19.3 Å². The highest BCUT2D eigenvalue weighted by molar-refractivity contribution is 5.84. The number of carboxylic acid groups (broad SMARTS) is 1. The Balaban J connectivity index is 1.96. The van der Waals surface area contributed by atoms with Gasteiger partial charge in [0, 0.05) is 19.2 Å². The number of hydrogen-bond donors (Lipinski definition) is 3. The number of nitro benzene ring substituents is 1. The van der Waals surface area contributed by atoms with E-state index in [0.717, 1.165) is 19.6 Å². The van der Waals surface area contributed by atoms with Gasteiger partial charge in [-0.25, -0.2) is 4.79 Å². The first-order valence-electron chi connectivity index (χ1n) is 7.31. The van der Waals surface area contributed by atoms with Crippen molar-refractivity contribution in [3.63, 3.8) is 0 Å². The fourth-order valence-electron chi connectivity index (χ4n) is 2.57. The molecule has 8 nitrogen and oxygen atoms in total. The van der Waals surface area contributed by atoms with Crippen molar-refractivity contribution >= 4 is 23.2 Å². The molecule has 0 atom stereocenters. The van der Waals surface area contributed by atoms with Gasteiger partial charge in [0.05, 0.1) is 10.6 Å². The molecule has 1 aromatic rings. The second-order valence-corrected chi connectivity index (χ2v) is 5.25. The van der Waals surface area contributed by atoms with Gasteiger partial charge in [-0.1, -0.05) is 6.42 Å². The fourth-order valence-corrected chi connectivity index (χ4v) is 2.57. The quantitative estimate of drug-likeness (QED) is 0.550. The molecular formula is C14H20N4O4. The molecule has 3 N–H and O–H groups in total. The first-order valence-corrected chi connectivity index (χ1v) is 7.31. The van der Waals surface area contributed by atoms with Gasteiger partial charge in [-0.3, -0.25) is 15.4 Å². The minimum Gasteiger partial charge on any atom is -0.465 e. The molecule has 0 aliphatic carbocycles. The molecule has 120 valence electrons. The zero-order valence-corrected chi connectivity index (χ0v) is 12.2. The number of carbonyl (C=O) groups is 1. The van der Waals surface area contributed by atoms with Crippen molar-refractivity contribution in [3.8, 4) is 0 Å². The van der Waals surface area contributed by atoms with Crippen LogP contribution in [0.25, 0.3) is 0 Å². The Morgan fingerprint density at radius 3 is 2.68 bits per heavy atom. The summed E-state index contributed by atoms with van der Waals surface area (Å²) in [6, 6.07) is 4.25. The van der Waals surface area contributed by atoms with Crippen molar-refractivity contribution in [3.05, 3.63) is 28.3 Å². The van der Waals surface area contributed by atoms with Crippen molar-refractivity contribution in [1.82, 2.24) is 4.90 Å². The molecule has 0 unspecified atom stereocenters. The Morgan fingerprint density at radius 1 is 1.32 bits per heavy atom. The van der Waals surface area contributed by atoms with Crippen LogP contribution in [0.4, 0.5) is 21.9 Å². The summed E-state index contributed by atoms with van der Waals surface area (Å²) in [5.74, 6) is 0. The van der Waals surface area contributed by atoms with E-state index in [0.29, 0.717) is 12.2 Å². The third-order valence-corrected chi connectivity index (χ3v) is 3.64. The van der Waals surface area contributed by atoms with Gasteiger partial charge < -0.3 is 15.3 Å². The zero-order chi connectivity index (χ0) is 15.9. The molecule has 1 amide bonds. The van der Waals surface area contributed by atoms with E-state index < -0.39 is 11.0 Å². The molecule has 22 heavy (non-hydrogen) atoms. The molecule has 1 saturated heterocycles. The zero-order valence-electron chi connectivity index (χ0n) is 12.2. The summed E-state index contributed by atoms with van der Waals surface area (Å²) in [6.45, 7) is 3.61. The molecule has 1 aromatic carbocycles. The number of rotatable bonds is 6. The summed E-state index contributed by atoms with van der Waals surface area (Å²) in [5.41, 5.74) is 0.448. The van der Waals surface area contributed by atoms with Crippen LogP contribution in [0.2, 0.25) is 0 Å². The maximum atomic E-state index is 11.1. The largest absolute Gasteiger partial charge is 0.465 e. The number of likely N-dealkylation sites (tertiary alicyclic amines) is 1. The van der Waals surface area contributed by atoms with E-state index in [9.17, 15) is 14.9 Å². The van der Waals surface area contributed by atoms with Gasteiger partial charge in [-0.15, -0.1) is 0 Å². The summed E-state index contributed by atoms with van der Waals surface area (Å²) >= 11 is 0. The van der Waals surface area contributed by atoms with E-state index >= 15 is 0 Å². The topological polar surface area (TPSA) is 108 Å². The third-order valence-electron chi connectivity index (χ3n) is 3.64. The van der Waals surface area contributed by atoms with E-state index in [1.165, 1.54) is 37.5 Å². The van der Waals surface area contributed by atoms with Crippen LogP contribution < -0.4 is 10.6 Å². The van der Waals surface area contributed by atoms with Crippen molar-refractivity contribution in [2.24, 2.45) is 0 Å². The smallest absolute Gasteiger partial charge is 0.409 e. The second kappa shape index (κ2) is 7.60. The van der Waals surface area contributed by atoms with E-state index in [4.69, 9.17) is 5.11 Å². The lowest BCUT2D eigenvalue weighted by Gasteiger charge is -2.26. The maximum absolute atomic E-state index is 11.1. The number of piperidine rings is 1. The van der Waals surface area contributed by atoms with Gasteiger partial charge in [0.25, 0.3) is 5.69 Å². The Labute approximate surface area is 128 Å². The van der Waals surface area contributed by atoms with E-state index in [1.807, 2.05) is 0 Å². The van der Waals surface area contributed by atoms with Gasteiger partial charge in [-0.05, 0) is 38.1 Å². The Bertz CT molecular complexity index is 544. The number of anilines is 2. The fraction of sp³-hybridized carbons (Fsp3) is 0.500. The standard InChI is InChI=1S/C14H20N4O4/c19-14(20)16-11-4-5-12(13(10-11)18(21)22)15-6-9-17-7-2-1-3-8-17/h4-5,10,15-16H,1-3,6-9H2,(H,19,20). The molecular weight excluding hydrogens is 288 g/mol. The van der Waals surface area contributed by atoms with Crippen LogP contribution >= 0.6 is 0 Å². The number of nitro groups is 1. The Morgan fingerprint density at radius 2 is 2.05 bits per heavy atom. The maximum Gasteiger partial charge on any atom is 0.409 e. The Hall–Kier alpha value is -2.35. The predicted molar refractivity (Wildman–Crippen MR) is 83.5 cm³/mol. The monoisotopic (exact) mass is 308 g/mol. The van der Waals surface area contributed by atoms with Crippen LogP contribution in [-0.2, 0) is 0 Å². The highest BCUT2D eigenvalue weighted by Gasteiger charge is 2.16. The Kier molecular flexibility index (Phi) is 5.54. The van der Waals surface area contributed by atoms with Gasteiger partial charge in [-0.2, -0.15) is 0 Å². The van der Waals surface area contributed by atoms with Crippen LogP contribution in [0, 0.1) is 10.1 Å². The molecule has 0 bridgehead atoms. The molecule has 1 heterocycles. The van der Waals surface area contributed by atoms with Crippen LogP contribution in [-0.4, -0.2) is 47.2 Å². The molecule has 0 saturated carbocycles. The summed E-state index contributed by atoms with van der Waals surface area (Å²) in [6.07, 6.45) is 2.43. The molecule has 0 aromatic heterocycles. The normalized spacial score (nSPS) is 15.3. The first-order chi connectivity index (χ1) is 10.6. The van der Waals surface area contributed by atoms with Crippen molar-refractivity contribution < 1.29 is 14.8 Å². The lowest BCUT2D eigenvalue weighted by molar-refractivity contribution is -0.383. The average molecular weight is 308 g/mol. The number of nitrogens with one attached hydrogen (secondary N) is 2. The number of hydrogen-bond acceptors (Lipinski definition) is 5. The lowest BCUT2D eigenvalue weighted by atomic mass is 10.1. The predicted octanol–water partition coefficient (Wildman–Crippen LogP) is 2.58. The minimum absolute atomic E-state index is 0.134. The summed E-state index contributed by atoms with van der Waals surface area (Å²) in [5, 5.41) is 24.9. The highest BCUT2D eigenvalue weighted by Crippen LogP contribution is 2.27. The summed E-state index contributed by atoms with van der Waals surface area (Å²) < 4.78 is 0. The van der Waals surface area contributed by atoms with Gasteiger partial charge in [0.15, 0.2) is 0 Å². The number of benzene rings is 1.